The van der Waals surface area contributed by atoms with Gasteiger partial charge in [-0.15, -0.1) is 0 Å². The molecule has 0 bridgehead atoms. The molecule has 0 aliphatic rings. The van der Waals surface area contributed by atoms with Gasteiger partial charge in [0.2, 0.25) is 0 Å². The number of halogens is 5. The maximum absolute atomic E-state index is 12.4. The molecule has 1 unspecified atom stereocenters. The molecule has 2 nitrogen and oxygen atoms in total. The Hall–Kier alpha value is -0.880. The molecule has 1 atom stereocenters. The van der Waals surface area contributed by atoms with Gasteiger partial charge in [-0.05, 0) is 6.42 Å². The van der Waals surface area contributed by atoms with Gasteiger partial charge < -0.3 is 4.74 Å². The van der Waals surface area contributed by atoms with E-state index in [1.165, 1.54) is 0 Å². The Morgan fingerprint density at radius 3 is 2.15 bits per heavy atom. The first kappa shape index (κ1) is 12.1. The summed E-state index contributed by atoms with van der Waals surface area (Å²) in [7, 11) is 0. The van der Waals surface area contributed by atoms with Crippen molar-refractivity contribution in [3.8, 4) is 0 Å². The summed E-state index contributed by atoms with van der Waals surface area (Å²) in [6.45, 7) is 0.117. The number of rotatable bonds is 5. The maximum atomic E-state index is 12.4. The normalized spacial score (nSPS) is 15.2. The van der Waals surface area contributed by atoms with Crippen LogP contribution in [-0.2, 0) is 9.53 Å². The summed E-state index contributed by atoms with van der Waals surface area (Å²) in [5, 5.41) is 0. The van der Waals surface area contributed by atoms with E-state index >= 15 is 0 Å². The van der Waals surface area contributed by atoms with E-state index in [1.54, 1.807) is 0 Å². The molecule has 7 heteroatoms. The van der Waals surface area contributed by atoms with Crippen molar-refractivity contribution >= 4 is 6.47 Å². The zero-order valence-electron chi connectivity index (χ0n) is 6.57. The van der Waals surface area contributed by atoms with E-state index in [2.05, 4.69) is 4.74 Å². The summed E-state index contributed by atoms with van der Waals surface area (Å²) in [4.78, 5) is 9.42. The van der Waals surface area contributed by atoms with E-state index < -0.39 is 31.1 Å². The van der Waals surface area contributed by atoms with Crippen molar-refractivity contribution in [3.05, 3.63) is 0 Å². The van der Waals surface area contributed by atoms with Gasteiger partial charge in [-0.25, -0.2) is 4.39 Å². The lowest BCUT2D eigenvalue weighted by atomic mass is 10.1. The minimum absolute atomic E-state index is 0.801. The Balaban J connectivity index is 4.67. The van der Waals surface area contributed by atoms with Crippen molar-refractivity contribution in [1.29, 1.82) is 0 Å². The average Bonchev–Trinajstić information content (AvgIpc) is 2.02. The predicted octanol–water partition coefficient (Wildman–Crippen LogP) is 2.14. The molecular weight excluding hydrogens is 199 g/mol. The molecule has 78 valence electrons. The van der Waals surface area contributed by atoms with Crippen LogP contribution in [0.4, 0.5) is 22.0 Å². The zero-order chi connectivity index (χ0) is 10.7. The number of alkyl halides is 5. The maximum Gasteiger partial charge on any atom is 0.469 e. The van der Waals surface area contributed by atoms with Crippen LogP contribution in [0.3, 0.4) is 0 Å². The minimum atomic E-state index is -5.11. The molecule has 0 radical (unpaired) electrons. The van der Waals surface area contributed by atoms with Crippen LogP contribution >= 0.6 is 0 Å². The SMILES string of the molecule is CCC(F)C(F)(F)C(F)(F)OC=O. The largest absolute Gasteiger partial charge is 0.469 e. The monoisotopic (exact) mass is 206 g/mol. The summed E-state index contributed by atoms with van der Waals surface area (Å²) in [6.07, 6.45) is -8.96. The first-order valence-electron chi connectivity index (χ1n) is 3.30. The first-order chi connectivity index (χ1) is 5.79. The van der Waals surface area contributed by atoms with Crippen LogP contribution in [0, 0.1) is 0 Å². The van der Waals surface area contributed by atoms with Gasteiger partial charge in [-0.2, -0.15) is 17.6 Å². The Labute approximate surface area is 70.7 Å². The molecule has 0 spiro atoms. The lowest BCUT2D eigenvalue weighted by Crippen LogP contribution is -2.49. The smallest absolute Gasteiger partial charge is 0.398 e. The zero-order valence-corrected chi connectivity index (χ0v) is 6.57. The topological polar surface area (TPSA) is 26.3 Å². The molecule has 0 aromatic carbocycles. The minimum Gasteiger partial charge on any atom is -0.398 e. The summed E-state index contributed by atoms with van der Waals surface area (Å²) in [6, 6.07) is 0. The second-order valence-corrected chi connectivity index (χ2v) is 2.23. The number of hydrogen-bond donors (Lipinski definition) is 0. The van der Waals surface area contributed by atoms with Gasteiger partial charge in [0.15, 0.2) is 6.17 Å². The van der Waals surface area contributed by atoms with Crippen molar-refractivity contribution in [2.45, 2.75) is 31.5 Å². The number of ether oxygens (including phenoxy) is 1. The van der Waals surface area contributed by atoms with Gasteiger partial charge in [0.05, 0.1) is 0 Å². The van der Waals surface area contributed by atoms with Crippen LogP contribution in [0.1, 0.15) is 13.3 Å². The molecule has 0 amide bonds. The van der Waals surface area contributed by atoms with Crippen molar-refractivity contribution < 1.29 is 31.5 Å². The molecule has 0 rings (SSSR count). The summed E-state index contributed by atoms with van der Waals surface area (Å²) >= 11 is 0. The summed E-state index contributed by atoms with van der Waals surface area (Å²) in [5.41, 5.74) is 0. The summed E-state index contributed by atoms with van der Waals surface area (Å²) < 4.78 is 64.3. The van der Waals surface area contributed by atoms with Gasteiger partial charge in [0, 0.05) is 0 Å². The van der Waals surface area contributed by atoms with Gasteiger partial charge in [-0.3, -0.25) is 4.79 Å². The molecule has 0 aliphatic carbocycles. The standard InChI is InChI=1S/C6H7F5O2/c1-2-4(7)5(8,9)6(10,11)13-3-12/h3-4H,2H2,1H3. The molecular formula is C6H7F5O2. The Morgan fingerprint density at radius 2 is 1.85 bits per heavy atom. The summed E-state index contributed by atoms with van der Waals surface area (Å²) in [5.74, 6) is -5.00. The fourth-order valence-electron chi connectivity index (χ4n) is 0.578. The third-order valence-electron chi connectivity index (χ3n) is 1.34. The van der Waals surface area contributed by atoms with E-state index in [0.717, 1.165) is 6.92 Å². The van der Waals surface area contributed by atoms with E-state index in [1.807, 2.05) is 0 Å². The van der Waals surface area contributed by atoms with E-state index in [-0.39, 0.29) is 0 Å². The van der Waals surface area contributed by atoms with Crippen LogP contribution in [0.5, 0.6) is 0 Å². The average molecular weight is 206 g/mol. The van der Waals surface area contributed by atoms with Crippen LogP contribution in [-0.4, -0.2) is 24.7 Å². The lowest BCUT2D eigenvalue weighted by molar-refractivity contribution is -0.341. The van der Waals surface area contributed by atoms with E-state index in [4.69, 9.17) is 0 Å². The Morgan fingerprint density at radius 1 is 1.38 bits per heavy atom. The fourth-order valence-corrected chi connectivity index (χ4v) is 0.578. The van der Waals surface area contributed by atoms with Crippen molar-refractivity contribution in [3.63, 3.8) is 0 Å². The molecule has 0 heterocycles. The molecule has 0 saturated heterocycles. The van der Waals surface area contributed by atoms with Gasteiger partial charge in [0.25, 0.3) is 6.47 Å². The van der Waals surface area contributed by atoms with Crippen LogP contribution in [0.25, 0.3) is 0 Å². The Bertz CT molecular complexity index is 182. The van der Waals surface area contributed by atoms with Crippen molar-refractivity contribution in [1.82, 2.24) is 0 Å². The third-order valence-corrected chi connectivity index (χ3v) is 1.34. The van der Waals surface area contributed by atoms with Gasteiger partial charge in [0.1, 0.15) is 0 Å². The fraction of sp³-hybridized carbons (Fsp3) is 0.833. The highest BCUT2D eigenvalue weighted by molar-refractivity contribution is 5.37. The van der Waals surface area contributed by atoms with Crippen LogP contribution < -0.4 is 0 Å². The molecule has 0 aliphatic heterocycles. The lowest BCUT2D eigenvalue weighted by Gasteiger charge is -2.25. The van der Waals surface area contributed by atoms with E-state index in [0.29, 0.717) is 0 Å². The van der Waals surface area contributed by atoms with Crippen molar-refractivity contribution in [2.75, 3.05) is 0 Å². The van der Waals surface area contributed by atoms with E-state index in [9.17, 15) is 26.7 Å². The second-order valence-electron chi connectivity index (χ2n) is 2.23. The predicted molar refractivity (Wildman–Crippen MR) is 32.2 cm³/mol. The molecule has 0 saturated carbocycles. The van der Waals surface area contributed by atoms with Gasteiger partial charge >= 0.3 is 12.0 Å². The second kappa shape index (κ2) is 3.89. The number of hydrogen-bond acceptors (Lipinski definition) is 2. The molecule has 0 fully saturated rings. The number of carbonyl (C=O) groups excluding carboxylic acids is 1. The third kappa shape index (κ3) is 2.28. The van der Waals surface area contributed by atoms with Gasteiger partial charge in [-0.1, -0.05) is 6.92 Å². The Kier molecular flexibility index (Phi) is 3.62. The van der Waals surface area contributed by atoms with Crippen molar-refractivity contribution in [2.24, 2.45) is 0 Å². The quantitative estimate of drug-likeness (QED) is 0.508. The highest BCUT2D eigenvalue weighted by Crippen LogP contribution is 2.39. The highest BCUT2D eigenvalue weighted by atomic mass is 19.3. The highest BCUT2D eigenvalue weighted by Gasteiger charge is 2.64. The number of carbonyl (C=O) groups is 1. The molecule has 0 aromatic heterocycles. The molecule has 0 aromatic rings. The van der Waals surface area contributed by atoms with Crippen LogP contribution in [0.2, 0.25) is 0 Å². The molecule has 0 N–H and O–H groups in total. The van der Waals surface area contributed by atoms with Crippen LogP contribution in [0.15, 0.2) is 0 Å². The molecule has 13 heavy (non-hydrogen) atoms. The first-order valence-corrected chi connectivity index (χ1v) is 3.30.